The van der Waals surface area contributed by atoms with Gasteiger partial charge in [0, 0.05) is 35.8 Å². The number of hydrogen-bond donors (Lipinski definition) is 1. The van der Waals surface area contributed by atoms with Crippen LogP contribution in [0.1, 0.15) is 77.1 Å². The van der Waals surface area contributed by atoms with Crippen LogP contribution in [0.15, 0.2) is 53.7 Å². The topological polar surface area (TPSA) is 111 Å². The number of H-pyrrole nitrogens is 1. The Labute approximate surface area is 235 Å². The molecular weight excluding hydrogens is 502 g/mol. The molecule has 0 aliphatic heterocycles. The van der Waals surface area contributed by atoms with Gasteiger partial charge in [0.15, 0.2) is 0 Å². The summed E-state index contributed by atoms with van der Waals surface area (Å²) in [5.41, 5.74) is 4.88. The molecule has 1 N–H and O–H groups in total. The number of nitrogens with zero attached hydrogens (tertiary/aromatic N) is 6. The molecule has 1 fully saturated rings. The minimum Gasteiger partial charge on any atom is -0.300 e. The zero-order chi connectivity index (χ0) is 28.2. The van der Waals surface area contributed by atoms with E-state index in [1.54, 1.807) is 13.1 Å². The number of aromatic nitrogens is 7. The molecule has 1 aliphatic carbocycles. The summed E-state index contributed by atoms with van der Waals surface area (Å²) in [4.78, 5) is 31.4. The molecule has 0 radical (unpaired) electrons. The number of benzene rings is 1. The number of hydrogen-bond acceptors (Lipinski definition) is 6. The molecule has 1 aliphatic rings. The number of rotatable bonds is 10. The monoisotopic (exact) mass is 541 g/mol. The zero-order valence-electron chi connectivity index (χ0n) is 23.9. The Morgan fingerprint density at radius 3 is 2.58 bits per heavy atom. The number of carbonyl (C=O) groups excluding carboxylic acids is 1. The molecule has 3 heterocycles. The lowest BCUT2D eigenvalue weighted by atomic mass is 9.71. The number of aromatic amines is 1. The number of pyridine rings is 1. The van der Waals surface area contributed by atoms with Gasteiger partial charge in [-0.1, -0.05) is 57.9 Å². The molecule has 9 nitrogen and oxygen atoms in total. The van der Waals surface area contributed by atoms with E-state index in [4.69, 9.17) is 0 Å². The van der Waals surface area contributed by atoms with Gasteiger partial charge in [-0.25, -0.2) is 4.79 Å². The first kappa shape index (κ1) is 27.7. The fourth-order valence-corrected chi connectivity index (χ4v) is 6.36. The standard InChI is InChI=1S/C31H39N7O2/c1-5-6-8-25-19-38(29-26(20(2)3)9-7-10-27(29)21(4)39)31(40)37(25)18-24-17-32-16-15-28(24)22-11-13-23(14-12-22)30-33-35-36-34-30/h11-17,19-20,26-27,29H,5-10,18H2,1-4H3,(H,33,34,35,36). The summed E-state index contributed by atoms with van der Waals surface area (Å²) in [7, 11) is 0. The molecule has 210 valence electrons. The van der Waals surface area contributed by atoms with Crippen molar-refractivity contribution in [3.8, 4) is 22.5 Å². The molecular formula is C31H39N7O2. The van der Waals surface area contributed by atoms with E-state index in [1.807, 2.05) is 45.7 Å². The first-order chi connectivity index (χ1) is 19.4. The smallest absolute Gasteiger partial charge is 0.300 e. The van der Waals surface area contributed by atoms with Gasteiger partial charge in [-0.3, -0.25) is 18.9 Å². The third kappa shape index (κ3) is 5.55. The average molecular weight is 542 g/mol. The van der Waals surface area contributed by atoms with Crippen molar-refractivity contribution in [3.63, 3.8) is 0 Å². The highest BCUT2D eigenvalue weighted by Crippen LogP contribution is 2.42. The van der Waals surface area contributed by atoms with Crippen LogP contribution in [0.3, 0.4) is 0 Å². The number of nitrogens with one attached hydrogen (secondary N) is 1. The second-order valence-corrected chi connectivity index (χ2v) is 11.4. The Hall–Kier alpha value is -3.88. The number of tetrazole rings is 1. The molecule has 40 heavy (non-hydrogen) atoms. The van der Waals surface area contributed by atoms with Crippen LogP contribution >= 0.6 is 0 Å². The van der Waals surface area contributed by atoms with E-state index in [9.17, 15) is 9.59 Å². The first-order valence-corrected chi connectivity index (χ1v) is 14.5. The number of unbranched alkanes of at least 4 members (excludes halogenated alkanes) is 1. The summed E-state index contributed by atoms with van der Waals surface area (Å²) in [6, 6.07) is 9.89. The predicted molar refractivity (Wildman–Crippen MR) is 155 cm³/mol. The van der Waals surface area contributed by atoms with Gasteiger partial charge in [0.05, 0.1) is 12.6 Å². The Bertz CT molecular complexity index is 1480. The molecule has 3 unspecified atom stereocenters. The van der Waals surface area contributed by atoms with Crippen molar-refractivity contribution in [2.75, 3.05) is 0 Å². The quantitative estimate of drug-likeness (QED) is 0.284. The molecule has 0 spiro atoms. The maximum atomic E-state index is 14.2. The van der Waals surface area contributed by atoms with Gasteiger partial charge in [0.2, 0.25) is 5.82 Å². The van der Waals surface area contributed by atoms with Crippen LogP contribution in [0.25, 0.3) is 22.5 Å². The Balaban J connectivity index is 1.54. The van der Waals surface area contributed by atoms with Gasteiger partial charge < -0.3 is 0 Å². The highest BCUT2D eigenvalue weighted by molar-refractivity contribution is 5.79. The third-order valence-electron chi connectivity index (χ3n) is 8.51. The van der Waals surface area contributed by atoms with E-state index in [-0.39, 0.29) is 23.4 Å². The van der Waals surface area contributed by atoms with Crippen LogP contribution in [0.4, 0.5) is 0 Å². The molecule has 1 saturated carbocycles. The molecule has 0 amide bonds. The van der Waals surface area contributed by atoms with Crippen molar-refractivity contribution in [2.24, 2.45) is 17.8 Å². The molecule has 5 rings (SSSR count). The van der Waals surface area contributed by atoms with Crippen LogP contribution in [0.5, 0.6) is 0 Å². The number of ketones is 1. The van der Waals surface area contributed by atoms with E-state index in [0.717, 1.165) is 66.5 Å². The lowest BCUT2D eigenvalue weighted by Crippen LogP contribution is -2.41. The van der Waals surface area contributed by atoms with Gasteiger partial charge in [0.25, 0.3) is 0 Å². The summed E-state index contributed by atoms with van der Waals surface area (Å²) in [5.74, 6) is 1.29. The highest BCUT2D eigenvalue weighted by Gasteiger charge is 2.39. The number of Topliss-reactive ketones (excluding diaryl/α,β-unsaturated/α-hetero) is 1. The van der Waals surface area contributed by atoms with Gasteiger partial charge in [-0.05, 0) is 72.4 Å². The van der Waals surface area contributed by atoms with Gasteiger partial charge in [-0.15, -0.1) is 10.2 Å². The summed E-state index contributed by atoms with van der Waals surface area (Å²) >= 11 is 0. The molecule has 0 bridgehead atoms. The first-order valence-electron chi connectivity index (χ1n) is 14.5. The Morgan fingerprint density at radius 1 is 1.12 bits per heavy atom. The van der Waals surface area contributed by atoms with Crippen LogP contribution in [0, 0.1) is 17.8 Å². The normalized spacial score (nSPS) is 19.3. The fraction of sp³-hybridized carbons (Fsp3) is 0.484. The van der Waals surface area contributed by atoms with Crippen molar-refractivity contribution >= 4 is 5.78 Å². The van der Waals surface area contributed by atoms with Crippen molar-refractivity contribution in [1.82, 2.24) is 34.7 Å². The molecule has 0 saturated heterocycles. The van der Waals surface area contributed by atoms with E-state index in [2.05, 4.69) is 52.6 Å². The van der Waals surface area contributed by atoms with Crippen LogP contribution in [-0.4, -0.2) is 40.5 Å². The van der Waals surface area contributed by atoms with E-state index in [1.165, 1.54) is 0 Å². The predicted octanol–water partition coefficient (Wildman–Crippen LogP) is 5.49. The summed E-state index contributed by atoms with van der Waals surface area (Å²) in [6.45, 7) is 8.70. The van der Waals surface area contributed by atoms with Crippen LogP contribution < -0.4 is 5.69 Å². The second-order valence-electron chi connectivity index (χ2n) is 11.4. The molecule has 3 aromatic heterocycles. The lowest BCUT2D eigenvalue weighted by Gasteiger charge is -2.39. The van der Waals surface area contributed by atoms with E-state index in [0.29, 0.717) is 24.2 Å². The van der Waals surface area contributed by atoms with Crippen molar-refractivity contribution < 1.29 is 4.79 Å². The molecule has 9 heteroatoms. The molecule has 4 aromatic rings. The number of imidazole rings is 1. The van der Waals surface area contributed by atoms with Crippen LogP contribution in [-0.2, 0) is 17.8 Å². The summed E-state index contributed by atoms with van der Waals surface area (Å²) in [6.07, 6.45) is 11.5. The summed E-state index contributed by atoms with van der Waals surface area (Å²) < 4.78 is 3.82. The Morgan fingerprint density at radius 2 is 1.90 bits per heavy atom. The maximum absolute atomic E-state index is 14.2. The van der Waals surface area contributed by atoms with E-state index >= 15 is 0 Å². The molecule has 3 atom stereocenters. The van der Waals surface area contributed by atoms with Crippen LogP contribution in [0.2, 0.25) is 0 Å². The second kappa shape index (κ2) is 12.1. The number of carbonyl (C=O) groups is 1. The maximum Gasteiger partial charge on any atom is 0.328 e. The third-order valence-corrected chi connectivity index (χ3v) is 8.51. The summed E-state index contributed by atoms with van der Waals surface area (Å²) in [5, 5.41) is 14.3. The highest BCUT2D eigenvalue weighted by atomic mass is 16.2. The van der Waals surface area contributed by atoms with Gasteiger partial charge in [-0.2, -0.15) is 5.21 Å². The largest absolute Gasteiger partial charge is 0.328 e. The van der Waals surface area contributed by atoms with Gasteiger partial charge in [0.1, 0.15) is 5.78 Å². The van der Waals surface area contributed by atoms with E-state index < -0.39 is 0 Å². The molecule has 1 aromatic carbocycles. The Kier molecular flexibility index (Phi) is 8.38. The lowest BCUT2D eigenvalue weighted by molar-refractivity contribution is -0.124. The average Bonchev–Trinajstić information content (AvgIpc) is 3.61. The number of aryl methyl sites for hydroxylation is 1. The fourth-order valence-electron chi connectivity index (χ4n) is 6.36. The van der Waals surface area contributed by atoms with Gasteiger partial charge >= 0.3 is 5.69 Å². The zero-order valence-corrected chi connectivity index (χ0v) is 23.9. The minimum absolute atomic E-state index is 0.0304. The SMILES string of the molecule is CCCCc1cn(C2C(C(C)=O)CCCC2C(C)C)c(=O)n1Cc1cnccc1-c1ccc(-c2nn[nH]n2)cc1. The minimum atomic E-state index is -0.125. The van der Waals surface area contributed by atoms with Crippen molar-refractivity contribution in [2.45, 2.75) is 78.8 Å². The van der Waals surface area contributed by atoms with Crippen molar-refractivity contribution in [3.05, 3.63) is 70.7 Å². The van der Waals surface area contributed by atoms with Crippen molar-refractivity contribution in [1.29, 1.82) is 0 Å².